The van der Waals surface area contributed by atoms with Gasteiger partial charge >= 0.3 is 45.2 Å². The van der Waals surface area contributed by atoms with Crippen molar-refractivity contribution in [2.75, 3.05) is 0 Å². The van der Waals surface area contributed by atoms with Crippen molar-refractivity contribution in [3.8, 4) is 0 Å². The van der Waals surface area contributed by atoms with Crippen molar-refractivity contribution in [3.05, 3.63) is 48.6 Å². The Labute approximate surface area is 172 Å². The smallest absolute Gasteiger partial charge is 1.00 e. The van der Waals surface area contributed by atoms with E-state index < -0.39 is 15.6 Å². The third kappa shape index (κ3) is 18.3. The van der Waals surface area contributed by atoms with Gasteiger partial charge in [0, 0.05) is 0 Å². The molecule has 1 N–H and O–H groups in total. The van der Waals surface area contributed by atoms with Gasteiger partial charge in [0.2, 0.25) is 0 Å². The van der Waals surface area contributed by atoms with Crippen LogP contribution >= 0.6 is 0 Å². The average Bonchev–Trinajstić information content (AvgIpc) is 2.35. The van der Waals surface area contributed by atoms with Crippen LogP contribution in [0.3, 0.4) is 0 Å². The maximum absolute atomic E-state index is 10.7. The van der Waals surface area contributed by atoms with Gasteiger partial charge in [-0.25, -0.2) is 0 Å². The van der Waals surface area contributed by atoms with E-state index in [2.05, 4.69) is 48.6 Å². The van der Waals surface area contributed by atoms with E-state index in [0.29, 0.717) is 0 Å². The summed E-state index contributed by atoms with van der Waals surface area (Å²) in [7, 11) is -5.84. The van der Waals surface area contributed by atoms with Gasteiger partial charge in [-0.1, -0.05) is 48.6 Å². The predicted octanol–water partition coefficient (Wildman–Crippen LogP) is 2.86. The molecule has 0 atom stereocenters. The van der Waals surface area contributed by atoms with E-state index in [1.165, 1.54) is 51.4 Å². The third-order valence-electron chi connectivity index (χ3n) is 2.96. The molecule has 0 bridgehead atoms. The number of alkyl halides is 3. The van der Waals surface area contributed by atoms with E-state index in [4.69, 9.17) is 13.0 Å². The third-order valence-corrected chi connectivity index (χ3v) is 3.54. The molecule has 0 saturated heterocycles. The van der Waals surface area contributed by atoms with Gasteiger partial charge < -0.3 is 1.43 Å². The minimum absolute atomic E-state index is 0. The average molecular weight is 390 g/mol. The summed E-state index contributed by atoms with van der Waals surface area (Å²) >= 11 is 0. The zero-order valence-electron chi connectivity index (χ0n) is 15.6. The van der Waals surface area contributed by atoms with Crippen molar-refractivity contribution in [2.45, 2.75) is 56.9 Å². The molecule has 0 amide bonds. The molecule has 0 spiro atoms. The molecular weight excluding hydrogens is 364 g/mol. The van der Waals surface area contributed by atoms with Crippen LogP contribution in [-0.2, 0) is 10.1 Å². The largest absolute Gasteiger partial charge is 1.00 e. The van der Waals surface area contributed by atoms with Gasteiger partial charge in [-0.15, -0.1) is 0 Å². The minimum atomic E-state index is -5.84. The van der Waals surface area contributed by atoms with E-state index in [9.17, 15) is 13.2 Å². The minimum Gasteiger partial charge on any atom is -1.00 e. The summed E-state index contributed by atoms with van der Waals surface area (Å²) in [5.74, 6) is 0. The fraction of sp³-hybridized carbons (Fsp3) is 0.529. The van der Waals surface area contributed by atoms with Crippen LogP contribution in [0.1, 0.15) is 52.8 Å². The molecule has 2 aliphatic rings. The molecule has 2 rings (SSSR count). The van der Waals surface area contributed by atoms with Crippen molar-refractivity contribution in [2.24, 2.45) is 0 Å². The van der Waals surface area contributed by atoms with Crippen LogP contribution in [0, 0.1) is 0 Å². The molecular formula is C17H26F3NaO3S. The molecule has 0 heterocycles. The van der Waals surface area contributed by atoms with Crippen LogP contribution in [0.4, 0.5) is 13.2 Å². The van der Waals surface area contributed by atoms with Crippen molar-refractivity contribution in [1.29, 1.82) is 0 Å². The van der Waals surface area contributed by atoms with Crippen molar-refractivity contribution in [1.82, 2.24) is 0 Å². The van der Waals surface area contributed by atoms with Crippen LogP contribution in [0.25, 0.3) is 0 Å². The Kier molecular flexibility index (Phi) is 17.1. The number of rotatable bonds is 0. The van der Waals surface area contributed by atoms with E-state index in [1.54, 1.807) is 0 Å². The molecule has 8 heteroatoms. The van der Waals surface area contributed by atoms with E-state index >= 15 is 0 Å². The summed E-state index contributed by atoms with van der Waals surface area (Å²) in [5.41, 5.74) is -5.53. The van der Waals surface area contributed by atoms with Gasteiger partial charge in [0.15, 0.2) is 0 Å². The summed E-state index contributed by atoms with van der Waals surface area (Å²) < 4.78 is 57.5. The molecule has 140 valence electrons. The summed E-state index contributed by atoms with van der Waals surface area (Å²) in [6, 6.07) is 0. The quantitative estimate of drug-likeness (QED) is 0.300. The van der Waals surface area contributed by atoms with E-state index in [-0.39, 0.29) is 31.0 Å². The summed E-state index contributed by atoms with van der Waals surface area (Å²) in [6.07, 6.45) is 28.0. The molecule has 3 nitrogen and oxygen atoms in total. The Bertz CT molecular complexity index is 462. The number of halogens is 3. The fourth-order valence-corrected chi connectivity index (χ4v) is 1.71. The van der Waals surface area contributed by atoms with Gasteiger partial charge in [0.05, 0.1) is 0 Å². The predicted molar refractivity (Wildman–Crippen MR) is 92.2 cm³/mol. The normalized spacial score (nSPS) is 19.8. The summed E-state index contributed by atoms with van der Waals surface area (Å²) in [4.78, 5) is 0. The number of allylic oxidation sites excluding steroid dienone is 8. The van der Waals surface area contributed by atoms with Crippen molar-refractivity contribution < 1.29 is 57.1 Å². The Morgan fingerprint density at radius 1 is 0.640 bits per heavy atom. The number of hydrogen-bond acceptors (Lipinski definition) is 2. The fourth-order valence-electron chi connectivity index (χ4n) is 1.71. The van der Waals surface area contributed by atoms with Crippen LogP contribution in [0.5, 0.6) is 0 Å². The first-order valence-corrected chi connectivity index (χ1v) is 9.33. The Morgan fingerprint density at radius 3 is 0.840 bits per heavy atom. The second-order valence-corrected chi connectivity index (χ2v) is 6.53. The molecule has 0 aliphatic heterocycles. The van der Waals surface area contributed by atoms with Gasteiger partial charge in [0.1, 0.15) is 0 Å². The zero-order valence-corrected chi connectivity index (χ0v) is 17.4. The van der Waals surface area contributed by atoms with Crippen LogP contribution < -0.4 is 29.6 Å². The standard InChI is InChI=1S/2C8H12.CHF3O3S.Na.H/c2*1-2-4-6-8-7-5-3-1;2-1(3,4)8(5,6)7;;/h2*1-2,7-8H,3-6H2;(H,5,6,7);;/q;;;+1;-1/b2*2-1-,8-7?;;;. The topological polar surface area (TPSA) is 54.4 Å². The maximum Gasteiger partial charge on any atom is 1.00 e. The maximum atomic E-state index is 10.7. The Balaban J connectivity index is -0.000000294. The first-order chi connectivity index (χ1) is 11.2. The van der Waals surface area contributed by atoms with E-state index in [1.807, 2.05) is 0 Å². The van der Waals surface area contributed by atoms with Crippen molar-refractivity contribution in [3.63, 3.8) is 0 Å². The van der Waals surface area contributed by atoms with Crippen LogP contribution in [0.2, 0.25) is 0 Å². The first-order valence-electron chi connectivity index (χ1n) is 7.89. The molecule has 0 radical (unpaired) electrons. The van der Waals surface area contributed by atoms with Gasteiger partial charge in [-0.3, -0.25) is 4.55 Å². The van der Waals surface area contributed by atoms with E-state index in [0.717, 1.165) is 0 Å². The molecule has 2 aliphatic carbocycles. The summed E-state index contributed by atoms with van der Waals surface area (Å²) in [6.45, 7) is 0. The first kappa shape index (κ1) is 26.9. The van der Waals surface area contributed by atoms with Gasteiger partial charge in [0.25, 0.3) is 0 Å². The molecule has 0 saturated carbocycles. The molecule has 0 fully saturated rings. The molecule has 0 unspecified atom stereocenters. The summed E-state index contributed by atoms with van der Waals surface area (Å²) in [5, 5.41) is 0. The van der Waals surface area contributed by atoms with Gasteiger partial charge in [-0.05, 0) is 51.4 Å². The molecule has 25 heavy (non-hydrogen) atoms. The van der Waals surface area contributed by atoms with Crippen LogP contribution in [-0.4, -0.2) is 18.5 Å². The molecule has 0 aromatic heterocycles. The second kappa shape index (κ2) is 15.9. The molecule has 0 aromatic carbocycles. The Hall–Kier alpha value is -0.340. The van der Waals surface area contributed by atoms with Gasteiger partial charge in [-0.2, -0.15) is 21.6 Å². The second-order valence-electron chi connectivity index (χ2n) is 5.12. The molecule has 0 aromatic rings. The zero-order chi connectivity index (χ0) is 18.3. The number of hydrogen-bond donors (Lipinski definition) is 1. The SMILES string of the molecule is C1=CCC/C=C\CC1.C1=CCC/C=C\CC1.O=S(=O)(O)C(F)(F)F.[H-].[Na+]. The monoisotopic (exact) mass is 390 g/mol. The van der Waals surface area contributed by atoms with Crippen molar-refractivity contribution >= 4 is 10.1 Å². The Morgan fingerprint density at radius 2 is 0.760 bits per heavy atom. The van der Waals surface area contributed by atoms with Crippen LogP contribution in [0.15, 0.2) is 48.6 Å².